The quantitative estimate of drug-likeness (QED) is 0.594. The fourth-order valence-electron chi connectivity index (χ4n) is 3.54. The highest BCUT2D eigenvalue weighted by atomic mass is 16.5. The van der Waals surface area contributed by atoms with E-state index in [9.17, 15) is 4.79 Å². The molecule has 5 nitrogen and oxygen atoms in total. The van der Waals surface area contributed by atoms with E-state index >= 15 is 0 Å². The third kappa shape index (κ3) is 5.54. The van der Waals surface area contributed by atoms with Crippen LogP contribution in [0.2, 0.25) is 0 Å². The molecule has 1 aliphatic rings. The van der Waals surface area contributed by atoms with Crippen LogP contribution < -0.4 is 10.1 Å². The highest BCUT2D eigenvalue weighted by Gasteiger charge is 2.17. The monoisotopic (exact) mass is 399 g/mol. The SMILES string of the molecule is O=C(NC1CCCCC1)c1cc(Oc2ccc(/C=C/c3ccccn3)cc2)ccn1. The first-order chi connectivity index (χ1) is 14.8. The van der Waals surface area contributed by atoms with Gasteiger partial charge in [-0.1, -0.05) is 43.5 Å². The lowest BCUT2D eigenvalue weighted by Gasteiger charge is -2.22. The molecule has 4 rings (SSSR count). The average Bonchev–Trinajstić information content (AvgIpc) is 2.80. The Morgan fingerprint density at radius 2 is 1.73 bits per heavy atom. The third-order valence-corrected chi connectivity index (χ3v) is 5.15. The van der Waals surface area contributed by atoms with Crippen molar-refractivity contribution in [2.45, 2.75) is 38.1 Å². The molecule has 0 aliphatic heterocycles. The first-order valence-electron chi connectivity index (χ1n) is 10.4. The lowest BCUT2D eigenvalue weighted by Crippen LogP contribution is -2.36. The van der Waals surface area contributed by atoms with Crippen molar-refractivity contribution in [1.82, 2.24) is 15.3 Å². The lowest BCUT2D eigenvalue weighted by molar-refractivity contribution is 0.0922. The van der Waals surface area contributed by atoms with E-state index in [4.69, 9.17) is 4.74 Å². The van der Waals surface area contributed by atoms with Crippen LogP contribution in [0.3, 0.4) is 0 Å². The van der Waals surface area contributed by atoms with Crippen LogP contribution in [-0.2, 0) is 0 Å². The summed E-state index contributed by atoms with van der Waals surface area (Å²) in [6.07, 6.45) is 13.0. The molecule has 30 heavy (non-hydrogen) atoms. The van der Waals surface area contributed by atoms with Crippen molar-refractivity contribution in [2.75, 3.05) is 0 Å². The van der Waals surface area contributed by atoms with E-state index in [1.165, 1.54) is 19.3 Å². The highest BCUT2D eigenvalue weighted by molar-refractivity contribution is 5.92. The Morgan fingerprint density at radius 1 is 0.900 bits per heavy atom. The Morgan fingerprint density at radius 3 is 2.50 bits per heavy atom. The number of rotatable bonds is 6. The molecule has 1 amide bonds. The maximum atomic E-state index is 12.5. The van der Waals surface area contributed by atoms with Gasteiger partial charge in [0.2, 0.25) is 0 Å². The molecule has 3 aromatic rings. The first-order valence-corrected chi connectivity index (χ1v) is 10.4. The van der Waals surface area contributed by atoms with Crippen molar-refractivity contribution in [3.8, 4) is 11.5 Å². The van der Waals surface area contributed by atoms with Crippen LogP contribution in [0.4, 0.5) is 0 Å². The Bertz CT molecular complexity index is 994. The van der Waals surface area contributed by atoms with Gasteiger partial charge in [0, 0.05) is 24.5 Å². The van der Waals surface area contributed by atoms with E-state index in [1.807, 2.05) is 54.6 Å². The Kier molecular flexibility index (Phi) is 6.50. The fourth-order valence-corrected chi connectivity index (χ4v) is 3.54. The van der Waals surface area contributed by atoms with Gasteiger partial charge in [0.25, 0.3) is 5.91 Å². The number of nitrogens with zero attached hydrogens (tertiary/aromatic N) is 2. The van der Waals surface area contributed by atoms with Crippen molar-refractivity contribution in [2.24, 2.45) is 0 Å². The molecule has 0 saturated heterocycles. The van der Waals surface area contributed by atoms with E-state index in [1.54, 1.807) is 24.5 Å². The van der Waals surface area contributed by atoms with E-state index in [-0.39, 0.29) is 11.9 Å². The summed E-state index contributed by atoms with van der Waals surface area (Å²) in [4.78, 5) is 21.0. The summed E-state index contributed by atoms with van der Waals surface area (Å²) < 4.78 is 5.92. The number of hydrogen-bond donors (Lipinski definition) is 1. The molecule has 0 spiro atoms. The highest BCUT2D eigenvalue weighted by Crippen LogP contribution is 2.23. The number of pyridine rings is 2. The topological polar surface area (TPSA) is 64.1 Å². The minimum atomic E-state index is -0.137. The summed E-state index contributed by atoms with van der Waals surface area (Å²) in [6, 6.07) is 17.3. The van der Waals surface area contributed by atoms with Crippen LogP contribution in [0, 0.1) is 0 Å². The van der Waals surface area contributed by atoms with Crippen molar-refractivity contribution < 1.29 is 9.53 Å². The zero-order chi connectivity index (χ0) is 20.6. The van der Waals surface area contributed by atoms with Crippen LogP contribution in [0.1, 0.15) is 53.8 Å². The van der Waals surface area contributed by atoms with Crippen molar-refractivity contribution in [3.05, 3.63) is 83.9 Å². The standard InChI is InChI=1S/C25H25N3O2/c29-25(28-21-7-2-1-3-8-21)24-18-23(15-17-27-24)30-22-13-10-19(11-14-22)9-12-20-6-4-5-16-26-20/h4-6,9-18,21H,1-3,7-8H2,(H,28,29)/b12-9+. The van der Waals surface area contributed by atoms with Gasteiger partial charge in [-0.15, -0.1) is 0 Å². The molecule has 2 heterocycles. The Labute approximate surface area is 176 Å². The predicted molar refractivity (Wildman–Crippen MR) is 118 cm³/mol. The van der Waals surface area contributed by atoms with Gasteiger partial charge in [-0.3, -0.25) is 14.8 Å². The molecule has 2 aromatic heterocycles. The smallest absolute Gasteiger partial charge is 0.270 e. The number of carbonyl (C=O) groups is 1. The summed E-state index contributed by atoms with van der Waals surface area (Å²) >= 11 is 0. The lowest BCUT2D eigenvalue weighted by atomic mass is 9.95. The van der Waals surface area contributed by atoms with E-state index in [2.05, 4.69) is 15.3 Å². The Balaban J connectivity index is 1.37. The van der Waals surface area contributed by atoms with Gasteiger partial charge in [-0.2, -0.15) is 0 Å². The summed E-state index contributed by atoms with van der Waals surface area (Å²) in [5, 5.41) is 3.09. The van der Waals surface area contributed by atoms with Gasteiger partial charge in [-0.05, 0) is 54.8 Å². The molecule has 5 heteroatoms. The van der Waals surface area contributed by atoms with Gasteiger partial charge in [-0.25, -0.2) is 0 Å². The summed E-state index contributed by atoms with van der Waals surface area (Å²) in [7, 11) is 0. The molecule has 1 aromatic carbocycles. The summed E-state index contributed by atoms with van der Waals surface area (Å²) in [6.45, 7) is 0. The third-order valence-electron chi connectivity index (χ3n) is 5.15. The van der Waals surface area contributed by atoms with Crippen molar-refractivity contribution in [3.63, 3.8) is 0 Å². The second-order valence-corrected chi connectivity index (χ2v) is 7.44. The van der Waals surface area contributed by atoms with Gasteiger partial charge in [0.1, 0.15) is 17.2 Å². The molecule has 0 unspecified atom stereocenters. The summed E-state index contributed by atoms with van der Waals surface area (Å²) in [5.74, 6) is 1.16. The zero-order valence-electron chi connectivity index (χ0n) is 16.8. The van der Waals surface area contributed by atoms with E-state index in [0.717, 1.165) is 24.1 Å². The van der Waals surface area contributed by atoms with Crippen LogP contribution in [0.25, 0.3) is 12.2 Å². The zero-order valence-corrected chi connectivity index (χ0v) is 16.8. The van der Waals surface area contributed by atoms with Gasteiger partial charge >= 0.3 is 0 Å². The molecule has 152 valence electrons. The van der Waals surface area contributed by atoms with E-state index in [0.29, 0.717) is 17.2 Å². The number of carbonyl (C=O) groups excluding carboxylic acids is 1. The molecule has 1 saturated carbocycles. The van der Waals surface area contributed by atoms with Gasteiger partial charge < -0.3 is 10.1 Å². The van der Waals surface area contributed by atoms with Crippen molar-refractivity contribution >= 4 is 18.1 Å². The number of benzene rings is 1. The molecule has 0 radical (unpaired) electrons. The molecule has 1 aliphatic carbocycles. The summed E-state index contributed by atoms with van der Waals surface area (Å²) in [5.41, 5.74) is 2.34. The molecule has 1 fully saturated rings. The fraction of sp³-hybridized carbons (Fsp3) is 0.240. The van der Waals surface area contributed by atoms with Gasteiger partial charge in [0.15, 0.2) is 0 Å². The Hall–Kier alpha value is -3.47. The van der Waals surface area contributed by atoms with Crippen LogP contribution >= 0.6 is 0 Å². The van der Waals surface area contributed by atoms with Crippen molar-refractivity contribution in [1.29, 1.82) is 0 Å². The number of amides is 1. The average molecular weight is 399 g/mol. The maximum absolute atomic E-state index is 12.5. The first kappa shape index (κ1) is 19.8. The normalized spacial score (nSPS) is 14.5. The minimum Gasteiger partial charge on any atom is -0.457 e. The van der Waals surface area contributed by atoms with Crippen LogP contribution in [0.5, 0.6) is 11.5 Å². The second-order valence-electron chi connectivity index (χ2n) is 7.44. The number of nitrogens with one attached hydrogen (secondary N) is 1. The molecule has 1 N–H and O–H groups in total. The second kappa shape index (κ2) is 9.83. The molecular weight excluding hydrogens is 374 g/mol. The number of aromatic nitrogens is 2. The van der Waals surface area contributed by atoms with E-state index < -0.39 is 0 Å². The van der Waals surface area contributed by atoms with Crippen LogP contribution in [0.15, 0.2) is 67.0 Å². The molecule has 0 bridgehead atoms. The number of hydrogen-bond acceptors (Lipinski definition) is 4. The number of ether oxygens (including phenoxy) is 1. The van der Waals surface area contributed by atoms with Gasteiger partial charge in [0.05, 0.1) is 5.69 Å². The minimum absolute atomic E-state index is 0.137. The van der Waals surface area contributed by atoms with Crippen LogP contribution in [-0.4, -0.2) is 21.9 Å². The molecule has 0 atom stereocenters. The largest absolute Gasteiger partial charge is 0.457 e. The molecular formula is C25H25N3O2. The maximum Gasteiger partial charge on any atom is 0.270 e. The predicted octanol–water partition coefficient (Wildman–Crippen LogP) is 5.50.